The maximum absolute atomic E-state index is 11.0. The number of hydrogen-bond acceptors (Lipinski definition) is 7. The van der Waals surface area contributed by atoms with Gasteiger partial charge in [-0.2, -0.15) is 0 Å². The number of nitrogens with zero attached hydrogens (tertiary/aromatic N) is 1. The first-order valence-electron chi connectivity index (χ1n) is 10.7. The molecule has 8 heteroatoms. The van der Waals surface area contributed by atoms with Gasteiger partial charge in [-0.3, -0.25) is 4.79 Å². The van der Waals surface area contributed by atoms with E-state index in [-0.39, 0.29) is 5.91 Å². The van der Waals surface area contributed by atoms with Crippen molar-refractivity contribution in [1.29, 1.82) is 0 Å². The molecule has 166 valence electrons. The normalized spacial score (nSPS) is 15.8. The zero-order valence-electron chi connectivity index (χ0n) is 17.8. The molecule has 1 fully saturated rings. The van der Waals surface area contributed by atoms with Crippen LogP contribution in [0.3, 0.4) is 0 Å². The maximum Gasteiger partial charge on any atom is 0.219 e. The van der Waals surface area contributed by atoms with E-state index in [0.29, 0.717) is 78.5 Å². The Kier molecular flexibility index (Phi) is 16.5. The number of ether oxygens (including phenoxy) is 5. The predicted octanol–water partition coefficient (Wildman–Crippen LogP) is 1.08. The molecular formula is C20H40N2O6. The molecule has 0 aromatic rings. The van der Waals surface area contributed by atoms with Crippen LogP contribution in [0.4, 0.5) is 0 Å². The molecule has 1 aliphatic rings. The Morgan fingerprint density at radius 1 is 0.821 bits per heavy atom. The minimum Gasteiger partial charge on any atom is -0.377 e. The topological polar surface area (TPSA) is 78.5 Å². The van der Waals surface area contributed by atoms with Crippen molar-refractivity contribution in [3.05, 3.63) is 0 Å². The van der Waals surface area contributed by atoms with E-state index in [2.05, 4.69) is 17.1 Å². The first kappa shape index (κ1) is 25.3. The average molecular weight is 405 g/mol. The van der Waals surface area contributed by atoms with Crippen LogP contribution < -0.4 is 5.32 Å². The lowest BCUT2D eigenvalue weighted by Crippen LogP contribution is -2.37. The van der Waals surface area contributed by atoms with Gasteiger partial charge in [0.15, 0.2) is 0 Å². The Bertz CT molecular complexity index is 365. The molecule has 1 N–H and O–H groups in total. The summed E-state index contributed by atoms with van der Waals surface area (Å²) in [5.41, 5.74) is 0. The summed E-state index contributed by atoms with van der Waals surface area (Å²) in [7, 11) is 0. The molecule has 0 aromatic carbocycles. The molecule has 0 spiro atoms. The Labute approximate surface area is 170 Å². The fourth-order valence-electron chi connectivity index (χ4n) is 2.82. The van der Waals surface area contributed by atoms with Crippen LogP contribution in [-0.2, 0) is 28.5 Å². The summed E-state index contributed by atoms with van der Waals surface area (Å²) in [6.07, 6.45) is 3.13. The van der Waals surface area contributed by atoms with E-state index in [1.54, 1.807) is 0 Å². The zero-order valence-corrected chi connectivity index (χ0v) is 17.8. The molecule has 0 bridgehead atoms. The molecule has 1 amide bonds. The molecule has 1 rings (SSSR count). The van der Waals surface area contributed by atoms with Crippen molar-refractivity contribution in [2.75, 3.05) is 85.6 Å². The van der Waals surface area contributed by atoms with Gasteiger partial charge in [0.2, 0.25) is 5.91 Å². The number of hydrogen-bond donors (Lipinski definition) is 1. The van der Waals surface area contributed by atoms with Gasteiger partial charge in [-0.1, -0.05) is 13.8 Å². The van der Waals surface area contributed by atoms with Gasteiger partial charge < -0.3 is 33.9 Å². The summed E-state index contributed by atoms with van der Waals surface area (Å²) in [6.45, 7) is 13.0. The van der Waals surface area contributed by atoms with E-state index in [9.17, 15) is 4.79 Å². The molecule has 1 saturated heterocycles. The number of piperidine rings is 1. The minimum atomic E-state index is 0.0428. The number of carbonyl (C=O) groups excluding carboxylic acids is 1. The van der Waals surface area contributed by atoms with E-state index in [1.165, 1.54) is 0 Å². The first-order valence-corrected chi connectivity index (χ1v) is 10.7. The van der Waals surface area contributed by atoms with Gasteiger partial charge in [-0.15, -0.1) is 0 Å². The standard InChI is InChI=1S/C20H40N2O6/c1-3-20(23)21-7-10-24-11-12-25-13-14-26-15-16-27-17-18-28-19-5-8-22(4-2)9-6-19/h19H,3-18H2,1-2H3,(H,21,23). The second-order valence-electron chi connectivity index (χ2n) is 6.66. The molecule has 1 aliphatic heterocycles. The average Bonchev–Trinajstić information content (AvgIpc) is 2.73. The number of rotatable bonds is 18. The lowest BCUT2D eigenvalue weighted by atomic mass is 10.1. The highest BCUT2D eigenvalue weighted by Gasteiger charge is 2.17. The van der Waals surface area contributed by atoms with Crippen molar-refractivity contribution < 1.29 is 28.5 Å². The molecule has 0 unspecified atom stereocenters. The lowest BCUT2D eigenvalue weighted by Gasteiger charge is -2.30. The third kappa shape index (κ3) is 14.3. The predicted molar refractivity (Wildman–Crippen MR) is 108 cm³/mol. The first-order chi connectivity index (χ1) is 13.8. The smallest absolute Gasteiger partial charge is 0.219 e. The Morgan fingerprint density at radius 3 is 1.82 bits per heavy atom. The molecule has 0 radical (unpaired) electrons. The largest absolute Gasteiger partial charge is 0.377 e. The van der Waals surface area contributed by atoms with Crippen molar-refractivity contribution in [2.24, 2.45) is 0 Å². The number of nitrogens with one attached hydrogen (secondary N) is 1. The van der Waals surface area contributed by atoms with Crippen LogP contribution in [0.25, 0.3) is 0 Å². The fraction of sp³-hybridized carbons (Fsp3) is 0.950. The molecule has 0 atom stereocenters. The van der Waals surface area contributed by atoms with Crippen molar-refractivity contribution >= 4 is 5.91 Å². The van der Waals surface area contributed by atoms with Gasteiger partial charge in [0, 0.05) is 26.1 Å². The van der Waals surface area contributed by atoms with Crippen molar-refractivity contribution in [1.82, 2.24) is 10.2 Å². The molecule has 0 saturated carbocycles. The molecule has 8 nitrogen and oxygen atoms in total. The number of amides is 1. The van der Waals surface area contributed by atoms with Crippen molar-refractivity contribution in [2.45, 2.75) is 39.2 Å². The van der Waals surface area contributed by atoms with Gasteiger partial charge >= 0.3 is 0 Å². The molecule has 1 heterocycles. The molecule has 28 heavy (non-hydrogen) atoms. The summed E-state index contributed by atoms with van der Waals surface area (Å²) in [5.74, 6) is 0.0428. The van der Waals surface area contributed by atoms with Crippen molar-refractivity contribution in [3.63, 3.8) is 0 Å². The summed E-state index contributed by atoms with van der Waals surface area (Å²) in [6, 6.07) is 0. The summed E-state index contributed by atoms with van der Waals surface area (Å²) < 4.78 is 27.6. The summed E-state index contributed by atoms with van der Waals surface area (Å²) in [4.78, 5) is 13.5. The second-order valence-corrected chi connectivity index (χ2v) is 6.66. The molecule has 0 aromatic heterocycles. The van der Waals surface area contributed by atoms with Crippen LogP contribution in [0, 0.1) is 0 Å². The lowest BCUT2D eigenvalue weighted by molar-refractivity contribution is -0.121. The Balaban J connectivity index is 1.71. The zero-order chi connectivity index (χ0) is 20.3. The second kappa shape index (κ2) is 18.3. The van der Waals surface area contributed by atoms with Crippen LogP contribution in [0.1, 0.15) is 33.1 Å². The Hall–Kier alpha value is -0.770. The van der Waals surface area contributed by atoms with Crippen LogP contribution in [0.5, 0.6) is 0 Å². The van der Waals surface area contributed by atoms with Gasteiger partial charge in [0.25, 0.3) is 0 Å². The van der Waals surface area contributed by atoms with E-state index in [1.807, 2.05) is 6.92 Å². The van der Waals surface area contributed by atoms with Gasteiger partial charge in [-0.25, -0.2) is 0 Å². The third-order valence-electron chi connectivity index (χ3n) is 4.57. The highest BCUT2D eigenvalue weighted by molar-refractivity contribution is 5.75. The maximum atomic E-state index is 11.0. The van der Waals surface area contributed by atoms with Gasteiger partial charge in [0.05, 0.1) is 65.6 Å². The fourth-order valence-corrected chi connectivity index (χ4v) is 2.82. The summed E-state index contributed by atoms with van der Waals surface area (Å²) in [5, 5.41) is 2.75. The monoisotopic (exact) mass is 404 g/mol. The molecule has 0 aliphatic carbocycles. The number of carbonyl (C=O) groups is 1. The van der Waals surface area contributed by atoms with Crippen LogP contribution in [0.2, 0.25) is 0 Å². The quantitative estimate of drug-likeness (QED) is 0.343. The highest BCUT2D eigenvalue weighted by atomic mass is 16.6. The third-order valence-corrected chi connectivity index (χ3v) is 4.57. The minimum absolute atomic E-state index is 0.0428. The molecular weight excluding hydrogens is 364 g/mol. The SMILES string of the molecule is CCC(=O)NCCOCCOCCOCCOCCOC1CCN(CC)CC1. The van der Waals surface area contributed by atoms with Gasteiger partial charge in [0.1, 0.15) is 0 Å². The van der Waals surface area contributed by atoms with Crippen LogP contribution in [-0.4, -0.2) is 103 Å². The van der Waals surface area contributed by atoms with Crippen LogP contribution >= 0.6 is 0 Å². The summed E-state index contributed by atoms with van der Waals surface area (Å²) >= 11 is 0. The van der Waals surface area contributed by atoms with E-state index in [0.717, 1.165) is 32.5 Å². The van der Waals surface area contributed by atoms with E-state index in [4.69, 9.17) is 23.7 Å². The van der Waals surface area contributed by atoms with E-state index >= 15 is 0 Å². The highest BCUT2D eigenvalue weighted by Crippen LogP contribution is 2.12. The van der Waals surface area contributed by atoms with Crippen molar-refractivity contribution in [3.8, 4) is 0 Å². The van der Waals surface area contributed by atoms with Crippen LogP contribution in [0.15, 0.2) is 0 Å². The van der Waals surface area contributed by atoms with Gasteiger partial charge in [-0.05, 0) is 19.4 Å². The van der Waals surface area contributed by atoms with E-state index < -0.39 is 0 Å². The number of likely N-dealkylation sites (tertiary alicyclic amines) is 1. The Morgan fingerprint density at radius 2 is 1.32 bits per heavy atom.